The molecular formula is C14H20N6O. The van der Waals surface area contributed by atoms with Crippen LogP contribution in [0.1, 0.15) is 26.3 Å². The molecule has 2 N–H and O–H groups in total. The first kappa shape index (κ1) is 15.0. The van der Waals surface area contributed by atoms with Gasteiger partial charge in [-0.15, -0.1) is 0 Å². The van der Waals surface area contributed by atoms with Gasteiger partial charge in [-0.3, -0.25) is 0 Å². The van der Waals surface area contributed by atoms with Gasteiger partial charge in [0, 0.05) is 24.3 Å². The van der Waals surface area contributed by atoms with Crippen molar-refractivity contribution >= 4 is 6.03 Å². The molecule has 0 aromatic carbocycles. The van der Waals surface area contributed by atoms with E-state index in [2.05, 4.69) is 39.5 Å². The lowest BCUT2D eigenvalue weighted by Gasteiger charge is -2.18. The molecule has 1 atom stereocenters. The van der Waals surface area contributed by atoms with E-state index in [4.69, 9.17) is 0 Å². The highest BCUT2D eigenvalue weighted by Gasteiger charge is 2.11. The van der Waals surface area contributed by atoms with Gasteiger partial charge in [0.15, 0.2) is 5.82 Å². The number of carbonyl (C=O) groups is 1. The summed E-state index contributed by atoms with van der Waals surface area (Å²) >= 11 is 0. The lowest BCUT2D eigenvalue weighted by molar-refractivity contribution is 0.234. The van der Waals surface area contributed by atoms with Crippen molar-refractivity contribution in [3.05, 3.63) is 36.5 Å². The van der Waals surface area contributed by atoms with Crippen LogP contribution >= 0.6 is 0 Å². The Bertz CT molecular complexity index is 581. The average molecular weight is 288 g/mol. The van der Waals surface area contributed by atoms with Crippen molar-refractivity contribution in [3.63, 3.8) is 0 Å². The number of nitrogens with zero attached hydrogens (tertiary/aromatic N) is 4. The molecule has 2 amide bonds. The van der Waals surface area contributed by atoms with Gasteiger partial charge in [-0.1, -0.05) is 19.9 Å². The van der Waals surface area contributed by atoms with Gasteiger partial charge in [0.1, 0.15) is 12.7 Å². The topological polar surface area (TPSA) is 84.7 Å². The van der Waals surface area contributed by atoms with Crippen LogP contribution in [0.5, 0.6) is 0 Å². The molecule has 0 radical (unpaired) electrons. The van der Waals surface area contributed by atoms with E-state index in [0.717, 1.165) is 5.56 Å². The first-order chi connectivity index (χ1) is 10.1. The third kappa shape index (κ3) is 4.01. The van der Waals surface area contributed by atoms with E-state index in [0.29, 0.717) is 18.3 Å². The molecule has 2 rings (SSSR count). The van der Waals surface area contributed by atoms with Crippen molar-refractivity contribution in [3.8, 4) is 5.82 Å². The summed E-state index contributed by atoms with van der Waals surface area (Å²) in [5.41, 5.74) is 0.871. The maximum Gasteiger partial charge on any atom is 0.315 e. The molecule has 0 bridgehead atoms. The summed E-state index contributed by atoms with van der Waals surface area (Å²) in [7, 11) is 0. The molecule has 2 aromatic rings. The minimum atomic E-state index is -0.190. The molecule has 0 saturated heterocycles. The summed E-state index contributed by atoms with van der Waals surface area (Å²) in [5.74, 6) is 1.05. The molecule has 0 aliphatic rings. The van der Waals surface area contributed by atoms with Crippen molar-refractivity contribution in [2.45, 2.75) is 33.4 Å². The van der Waals surface area contributed by atoms with Crippen LogP contribution < -0.4 is 10.6 Å². The highest BCUT2D eigenvalue weighted by Crippen LogP contribution is 2.09. The fourth-order valence-corrected chi connectivity index (χ4v) is 1.69. The van der Waals surface area contributed by atoms with Crippen LogP contribution in [0.4, 0.5) is 4.79 Å². The lowest BCUT2D eigenvalue weighted by Crippen LogP contribution is -2.42. The van der Waals surface area contributed by atoms with Gasteiger partial charge in [0.25, 0.3) is 0 Å². The highest BCUT2D eigenvalue weighted by atomic mass is 16.2. The molecule has 112 valence electrons. The number of hydrogen-bond donors (Lipinski definition) is 2. The van der Waals surface area contributed by atoms with Gasteiger partial charge < -0.3 is 10.6 Å². The lowest BCUT2D eigenvalue weighted by atomic mass is 10.1. The Labute approximate surface area is 123 Å². The molecule has 0 spiro atoms. The first-order valence-corrected chi connectivity index (χ1v) is 6.91. The van der Waals surface area contributed by atoms with E-state index in [1.165, 1.54) is 6.33 Å². The van der Waals surface area contributed by atoms with Crippen molar-refractivity contribution < 1.29 is 4.79 Å². The van der Waals surface area contributed by atoms with Gasteiger partial charge in [0.05, 0.1) is 0 Å². The molecule has 0 aliphatic carbocycles. The zero-order valence-corrected chi connectivity index (χ0v) is 12.4. The number of carbonyl (C=O) groups excluding carboxylic acids is 1. The molecule has 7 nitrogen and oxygen atoms in total. The van der Waals surface area contributed by atoms with Gasteiger partial charge in [0.2, 0.25) is 0 Å². The van der Waals surface area contributed by atoms with Crippen molar-refractivity contribution in [1.29, 1.82) is 0 Å². The molecule has 0 aliphatic heterocycles. The van der Waals surface area contributed by atoms with Crippen LogP contribution in [-0.2, 0) is 6.54 Å². The maximum atomic E-state index is 11.9. The molecular weight excluding hydrogens is 268 g/mol. The summed E-state index contributed by atoms with van der Waals surface area (Å²) in [6.07, 6.45) is 4.71. The van der Waals surface area contributed by atoms with Crippen LogP contribution in [0.25, 0.3) is 5.82 Å². The van der Waals surface area contributed by atoms with E-state index in [1.54, 1.807) is 17.2 Å². The monoisotopic (exact) mass is 288 g/mol. The Morgan fingerprint density at radius 3 is 2.86 bits per heavy atom. The first-order valence-electron chi connectivity index (χ1n) is 6.91. The van der Waals surface area contributed by atoms with Gasteiger partial charge >= 0.3 is 6.03 Å². The van der Waals surface area contributed by atoms with Crippen LogP contribution in [0.3, 0.4) is 0 Å². The SMILES string of the molecule is CC(C)[C@H](C)NC(=O)NCc1cccnc1-n1cncn1. The van der Waals surface area contributed by atoms with E-state index in [9.17, 15) is 4.79 Å². The highest BCUT2D eigenvalue weighted by molar-refractivity contribution is 5.74. The number of aromatic nitrogens is 4. The molecule has 21 heavy (non-hydrogen) atoms. The quantitative estimate of drug-likeness (QED) is 0.873. The summed E-state index contributed by atoms with van der Waals surface area (Å²) in [5, 5.41) is 9.79. The van der Waals surface area contributed by atoms with Gasteiger partial charge in [-0.2, -0.15) is 5.10 Å². The second kappa shape index (κ2) is 6.83. The minimum absolute atomic E-state index is 0.119. The Morgan fingerprint density at radius 2 is 2.19 bits per heavy atom. The van der Waals surface area contributed by atoms with Crippen LogP contribution in [0.15, 0.2) is 31.0 Å². The van der Waals surface area contributed by atoms with Gasteiger partial charge in [-0.05, 0) is 18.9 Å². The van der Waals surface area contributed by atoms with E-state index in [-0.39, 0.29) is 12.1 Å². The Morgan fingerprint density at radius 1 is 1.38 bits per heavy atom. The van der Waals surface area contributed by atoms with E-state index in [1.807, 2.05) is 19.1 Å². The third-order valence-corrected chi connectivity index (χ3v) is 3.30. The Balaban J connectivity index is 1.99. The fraction of sp³-hybridized carbons (Fsp3) is 0.429. The number of nitrogens with one attached hydrogen (secondary N) is 2. The molecule has 2 heterocycles. The smallest absolute Gasteiger partial charge is 0.315 e. The minimum Gasteiger partial charge on any atom is -0.335 e. The molecule has 0 unspecified atom stereocenters. The maximum absolute atomic E-state index is 11.9. The second-order valence-corrected chi connectivity index (χ2v) is 5.19. The predicted molar refractivity (Wildman–Crippen MR) is 78.8 cm³/mol. The Kier molecular flexibility index (Phi) is 4.86. The zero-order chi connectivity index (χ0) is 15.2. The second-order valence-electron chi connectivity index (χ2n) is 5.19. The molecule has 2 aromatic heterocycles. The molecule has 0 saturated carbocycles. The van der Waals surface area contributed by atoms with E-state index >= 15 is 0 Å². The summed E-state index contributed by atoms with van der Waals surface area (Å²) in [4.78, 5) is 20.0. The number of hydrogen-bond acceptors (Lipinski definition) is 4. The summed E-state index contributed by atoms with van der Waals surface area (Å²) in [6.45, 7) is 6.48. The Hall–Kier alpha value is -2.44. The number of urea groups is 1. The van der Waals surface area contributed by atoms with Gasteiger partial charge in [-0.25, -0.2) is 19.4 Å². The normalized spacial score (nSPS) is 12.2. The average Bonchev–Trinajstić information content (AvgIpc) is 2.99. The van der Waals surface area contributed by atoms with Crippen LogP contribution in [-0.4, -0.2) is 31.8 Å². The largest absolute Gasteiger partial charge is 0.335 e. The standard InChI is InChI=1S/C14H20N6O/c1-10(2)11(3)19-14(21)17-7-12-5-4-6-16-13(12)20-9-15-8-18-20/h4-6,8-11H,7H2,1-3H3,(H2,17,19,21)/t11-/m0/s1. The van der Waals surface area contributed by atoms with Crippen LogP contribution in [0, 0.1) is 5.92 Å². The van der Waals surface area contributed by atoms with Crippen molar-refractivity contribution in [2.75, 3.05) is 0 Å². The predicted octanol–water partition coefficient (Wildman–Crippen LogP) is 1.51. The van der Waals surface area contributed by atoms with Crippen LogP contribution in [0.2, 0.25) is 0 Å². The van der Waals surface area contributed by atoms with Crippen molar-refractivity contribution in [2.24, 2.45) is 5.92 Å². The van der Waals surface area contributed by atoms with Crippen molar-refractivity contribution in [1.82, 2.24) is 30.4 Å². The third-order valence-electron chi connectivity index (χ3n) is 3.30. The zero-order valence-electron chi connectivity index (χ0n) is 12.4. The summed E-state index contributed by atoms with van der Waals surface area (Å²) < 4.78 is 1.58. The number of rotatable bonds is 5. The number of pyridine rings is 1. The molecule has 0 fully saturated rings. The van der Waals surface area contributed by atoms with E-state index < -0.39 is 0 Å². The fourth-order valence-electron chi connectivity index (χ4n) is 1.69. The molecule has 7 heteroatoms. The number of amides is 2. The summed E-state index contributed by atoms with van der Waals surface area (Å²) in [6, 6.07) is 3.65.